The van der Waals surface area contributed by atoms with Gasteiger partial charge in [-0.1, -0.05) is 56.1 Å². The maximum absolute atomic E-state index is 6.32. The highest BCUT2D eigenvalue weighted by atomic mass is 79.9. The minimum Gasteiger partial charge on any atom is -0.374 e. The van der Waals surface area contributed by atoms with E-state index in [0.717, 1.165) is 54.6 Å². The van der Waals surface area contributed by atoms with Crippen molar-refractivity contribution in [2.45, 2.75) is 25.0 Å². The first-order valence-electron chi connectivity index (χ1n) is 9.24. The van der Waals surface area contributed by atoms with Crippen LogP contribution in [0.15, 0.2) is 51.4 Å². The van der Waals surface area contributed by atoms with E-state index in [1.165, 1.54) is 16.7 Å². The lowest BCUT2D eigenvalue weighted by atomic mass is 9.89. The third kappa shape index (κ3) is 5.12. The van der Waals surface area contributed by atoms with Gasteiger partial charge >= 0.3 is 0 Å². The van der Waals surface area contributed by atoms with Crippen LogP contribution in [0.5, 0.6) is 0 Å². The van der Waals surface area contributed by atoms with E-state index in [-0.39, 0.29) is 30.4 Å². The normalized spacial score (nSPS) is 21.5. The predicted octanol–water partition coefficient (Wildman–Crippen LogP) is 5.32. The Labute approximate surface area is 196 Å². The van der Waals surface area contributed by atoms with E-state index in [4.69, 9.17) is 4.74 Å². The summed E-state index contributed by atoms with van der Waals surface area (Å²) in [6.45, 7) is 5.66. The number of fused-ring (bicyclic) bond motifs is 1. The summed E-state index contributed by atoms with van der Waals surface area (Å²) < 4.78 is 8.48. The van der Waals surface area contributed by atoms with E-state index < -0.39 is 0 Å². The number of benzene rings is 2. The molecule has 0 aromatic heterocycles. The average molecular weight is 553 g/mol. The van der Waals surface area contributed by atoms with Crippen molar-refractivity contribution in [2.75, 3.05) is 32.8 Å². The van der Waals surface area contributed by atoms with Crippen LogP contribution in [0.2, 0.25) is 0 Å². The van der Waals surface area contributed by atoms with Crippen LogP contribution in [0.1, 0.15) is 23.1 Å². The number of nitrogens with zero attached hydrogens (tertiary/aromatic N) is 1. The molecule has 0 amide bonds. The highest BCUT2D eigenvalue weighted by molar-refractivity contribution is 9.11. The number of piperazine rings is 1. The number of hydrogen-bond donors (Lipinski definition) is 1. The second-order valence-electron chi connectivity index (χ2n) is 7.20. The van der Waals surface area contributed by atoms with E-state index in [9.17, 15) is 0 Å². The summed E-state index contributed by atoms with van der Waals surface area (Å²) in [5.74, 6) is 0. The maximum Gasteiger partial charge on any atom is 0.0718 e. The van der Waals surface area contributed by atoms with Crippen molar-refractivity contribution in [3.8, 4) is 0 Å². The van der Waals surface area contributed by atoms with E-state index in [2.05, 4.69) is 84.5 Å². The molecule has 1 unspecified atom stereocenters. The molecular formula is C21H26Br2Cl2N2O. The minimum atomic E-state index is 0. The van der Waals surface area contributed by atoms with Crippen molar-refractivity contribution in [2.24, 2.45) is 0 Å². The van der Waals surface area contributed by atoms with Crippen molar-refractivity contribution >= 4 is 56.7 Å². The van der Waals surface area contributed by atoms with Crippen molar-refractivity contribution in [1.82, 2.24) is 10.2 Å². The van der Waals surface area contributed by atoms with Gasteiger partial charge in [-0.15, -0.1) is 24.8 Å². The molecule has 3 nitrogen and oxygen atoms in total. The van der Waals surface area contributed by atoms with Crippen LogP contribution >= 0.6 is 56.7 Å². The molecule has 1 aliphatic carbocycles. The molecule has 0 bridgehead atoms. The lowest BCUT2D eigenvalue weighted by Gasteiger charge is -2.44. The van der Waals surface area contributed by atoms with Gasteiger partial charge in [0.05, 0.1) is 18.8 Å². The number of rotatable bonds is 5. The summed E-state index contributed by atoms with van der Waals surface area (Å²) in [6.07, 6.45) is 2.29. The fourth-order valence-corrected chi connectivity index (χ4v) is 5.75. The van der Waals surface area contributed by atoms with Crippen molar-refractivity contribution in [3.63, 3.8) is 0 Å². The third-order valence-corrected chi connectivity index (χ3v) is 6.50. The fraction of sp³-hybridized carbons (Fsp3) is 0.429. The zero-order valence-corrected chi connectivity index (χ0v) is 20.4. The van der Waals surface area contributed by atoms with Crippen molar-refractivity contribution < 1.29 is 4.74 Å². The van der Waals surface area contributed by atoms with E-state index in [1.807, 2.05) is 0 Å². The molecule has 0 radical (unpaired) electrons. The summed E-state index contributed by atoms with van der Waals surface area (Å²) in [5, 5.41) is 3.48. The molecule has 1 atom stereocenters. The SMILES string of the molecule is Brc1cc(Br)cc(COCC2(N3CCNCC3)CCc3ccccc32)c1.Cl.Cl. The molecule has 154 valence electrons. The molecule has 0 spiro atoms. The topological polar surface area (TPSA) is 24.5 Å². The van der Waals surface area contributed by atoms with Gasteiger partial charge in [0, 0.05) is 35.1 Å². The van der Waals surface area contributed by atoms with Gasteiger partial charge in [0.15, 0.2) is 0 Å². The first-order chi connectivity index (χ1) is 12.7. The number of ether oxygens (including phenoxy) is 1. The van der Waals surface area contributed by atoms with Crippen LogP contribution in [0.3, 0.4) is 0 Å². The molecule has 1 aliphatic heterocycles. The zero-order chi connectivity index (χ0) is 18.0. The quantitative estimate of drug-likeness (QED) is 0.543. The van der Waals surface area contributed by atoms with Crippen LogP contribution in [0.25, 0.3) is 0 Å². The van der Waals surface area contributed by atoms with E-state index in [1.54, 1.807) is 0 Å². The van der Waals surface area contributed by atoms with Gasteiger partial charge in [-0.2, -0.15) is 0 Å². The Morgan fingerprint density at radius 3 is 2.39 bits per heavy atom. The molecule has 1 fully saturated rings. The largest absolute Gasteiger partial charge is 0.374 e. The summed E-state index contributed by atoms with van der Waals surface area (Å²) in [6, 6.07) is 15.2. The summed E-state index contributed by atoms with van der Waals surface area (Å²) in [7, 11) is 0. The van der Waals surface area contributed by atoms with Gasteiger partial charge in [-0.25, -0.2) is 0 Å². The first kappa shape index (κ1) is 24.1. The maximum atomic E-state index is 6.32. The third-order valence-electron chi connectivity index (χ3n) is 5.58. The number of nitrogens with one attached hydrogen (secondary N) is 1. The van der Waals surface area contributed by atoms with Gasteiger partial charge in [0.25, 0.3) is 0 Å². The summed E-state index contributed by atoms with van der Waals surface area (Å²) in [4.78, 5) is 2.64. The van der Waals surface area contributed by atoms with Crippen LogP contribution in [-0.2, 0) is 23.3 Å². The molecule has 7 heteroatoms. The Hall–Kier alpha value is -0.140. The monoisotopic (exact) mass is 550 g/mol. The van der Waals surface area contributed by atoms with Crippen LogP contribution in [0, 0.1) is 0 Å². The van der Waals surface area contributed by atoms with E-state index in [0.29, 0.717) is 6.61 Å². The molecule has 2 aromatic rings. The molecule has 1 saturated heterocycles. The molecule has 1 N–H and O–H groups in total. The minimum absolute atomic E-state index is 0. The van der Waals surface area contributed by atoms with Gasteiger partial charge < -0.3 is 10.1 Å². The summed E-state index contributed by atoms with van der Waals surface area (Å²) >= 11 is 7.13. The van der Waals surface area contributed by atoms with E-state index >= 15 is 0 Å². The Morgan fingerprint density at radius 2 is 1.68 bits per heavy atom. The zero-order valence-electron chi connectivity index (χ0n) is 15.6. The molecular weight excluding hydrogens is 527 g/mol. The van der Waals surface area contributed by atoms with Crippen molar-refractivity contribution in [1.29, 1.82) is 0 Å². The first-order valence-corrected chi connectivity index (χ1v) is 10.8. The molecule has 28 heavy (non-hydrogen) atoms. The van der Waals surface area contributed by atoms with Gasteiger partial charge in [-0.05, 0) is 47.7 Å². The number of aryl methyl sites for hydroxylation is 1. The predicted molar refractivity (Wildman–Crippen MR) is 127 cm³/mol. The molecule has 1 heterocycles. The van der Waals surface area contributed by atoms with Gasteiger partial charge in [-0.3, -0.25) is 4.90 Å². The molecule has 2 aromatic carbocycles. The lowest BCUT2D eigenvalue weighted by Crippen LogP contribution is -2.55. The Balaban J connectivity index is 0.00000140. The fourth-order valence-electron chi connectivity index (χ4n) is 4.36. The Bertz CT molecular complexity index is 767. The van der Waals surface area contributed by atoms with Crippen LogP contribution in [0.4, 0.5) is 0 Å². The highest BCUT2D eigenvalue weighted by Crippen LogP contribution is 2.42. The second-order valence-corrected chi connectivity index (χ2v) is 9.03. The number of hydrogen-bond acceptors (Lipinski definition) is 3. The molecule has 2 aliphatic rings. The van der Waals surface area contributed by atoms with Gasteiger partial charge in [0.2, 0.25) is 0 Å². The van der Waals surface area contributed by atoms with Crippen molar-refractivity contribution in [3.05, 3.63) is 68.1 Å². The highest BCUT2D eigenvalue weighted by Gasteiger charge is 2.44. The number of halogens is 4. The van der Waals surface area contributed by atoms with Crippen LogP contribution in [-0.4, -0.2) is 37.7 Å². The molecule has 0 saturated carbocycles. The van der Waals surface area contributed by atoms with Crippen LogP contribution < -0.4 is 5.32 Å². The lowest BCUT2D eigenvalue weighted by molar-refractivity contribution is -0.0240. The summed E-state index contributed by atoms with van der Waals surface area (Å²) in [5.41, 5.74) is 4.16. The second kappa shape index (κ2) is 10.8. The smallest absolute Gasteiger partial charge is 0.0718 e. The standard InChI is InChI=1S/C21H24Br2N2O.2ClH/c22-18-11-16(12-19(23)13-18)14-26-15-21(25-9-7-24-8-10-25)6-5-17-3-1-2-4-20(17)21;;/h1-4,11-13,24H,5-10,14-15H2;2*1H. The molecule has 4 rings (SSSR count). The average Bonchev–Trinajstić information content (AvgIpc) is 3.02. The Morgan fingerprint density at radius 1 is 1.00 bits per heavy atom. The Kier molecular flexibility index (Phi) is 9.27. The van der Waals surface area contributed by atoms with Gasteiger partial charge in [0.1, 0.15) is 0 Å².